The Labute approximate surface area is 158 Å². The van der Waals surface area contributed by atoms with Crippen molar-refractivity contribution in [3.8, 4) is 0 Å². The number of aryl methyl sites for hydroxylation is 3. The van der Waals surface area contributed by atoms with Gasteiger partial charge in [0.2, 0.25) is 5.91 Å². The number of nitrogens with zero attached hydrogens (tertiary/aromatic N) is 4. The zero-order valence-corrected chi connectivity index (χ0v) is 16.0. The quantitative estimate of drug-likeness (QED) is 0.727. The summed E-state index contributed by atoms with van der Waals surface area (Å²) in [5, 5.41) is 7.33. The van der Waals surface area contributed by atoms with E-state index in [1.807, 2.05) is 32.6 Å². The van der Waals surface area contributed by atoms with Crippen LogP contribution in [-0.4, -0.2) is 25.2 Å². The molecule has 1 aromatic carbocycles. The molecule has 0 aliphatic rings. The Morgan fingerprint density at radius 1 is 1.26 bits per heavy atom. The summed E-state index contributed by atoms with van der Waals surface area (Å²) in [7, 11) is 3.71. The fourth-order valence-corrected chi connectivity index (χ4v) is 3.30. The first-order valence-electron chi connectivity index (χ1n) is 8.88. The molecule has 2 aromatic heterocycles. The van der Waals surface area contributed by atoms with Crippen LogP contribution in [0.1, 0.15) is 40.8 Å². The van der Waals surface area contributed by atoms with Gasteiger partial charge in [-0.05, 0) is 31.9 Å². The number of carbonyl (C=O) groups is 1. The molecule has 27 heavy (non-hydrogen) atoms. The van der Waals surface area contributed by atoms with E-state index in [9.17, 15) is 9.18 Å². The molecule has 0 bridgehead atoms. The first kappa shape index (κ1) is 18.8. The highest BCUT2D eigenvalue weighted by molar-refractivity contribution is 5.77. The van der Waals surface area contributed by atoms with Crippen LogP contribution in [0.4, 0.5) is 4.39 Å². The van der Waals surface area contributed by atoms with Crippen LogP contribution >= 0.6 is 0 Å². The number of hydrogen-bond donors (Lipinski definition) is 1. The van der Waals surface area contributed by atoms with Gasteiger partial charge in [0.25, 0.3) is 0 Å². The largest absolute Gasteiger partial charge is 0.342 e. The van der Waals surface area contributed by atoms with Gasteiger partial charge in [0, 0.05) is 44.2 Å². The summed E-state index contributed by atoms with van der Waals surface area (Å²) < 4.78 is 18.0. The fraction of sp³-hybridized carbons (Fsp3) is 0.350. The van der Waals surface area contributed by atoms with Crippen LogP contribution < -0.4 is 5.32 Å². The lowest BCUT2D eigenvalue weighted by Crippen LogP contribution is -2.31. The van der Waals surface area contributed by atoms with Gasteiger partial charge in [-0.3, -0.25) is 9.48 Å². The molecule has 0 radical (unpaired) electrons. The van der Waals surface area contributed by atoms with E-state index >= 15 is 0 Å². The zero-order valence-electron chi connectivity index (χ0n) is 16.0. The molecular weight excluding hydrogens is 345 g/mol. The summed E-state index contributed by atoms with van der Waals surface area (Å²) in [6.45, 7) is 3.93. The molecule has 1 N–H and O–H groups in total. The van der Waals surface area contributed by atoms with Crippen LogP contribution in [-0.2, 0) is 25.3 Å². The van der Waals surface area contributed by atoms with E-state index in [1.165, 1.54) is 6.07 Å². The van der Waals surface area contributed by atoms with Crippen LogP contribution in [0.2, 0.25) is 0 Å². The monoisotopic (exact) mass is 369 g/mol. The summed E-state index contributed by atoms with van der Waals surface area (Å²) in [5.74, 6) is 0.0563. The highest BCUT2D eigenvalue weighted by Gasteiger charge is 2.23. The molecule has 7 heteroatoms. The van der Waals surface area contributed by atoms with Crippen molar-refractivity contribution < 1.29 is 9.18 Å². The third-order valence-corrected chi connectivity index (χ3v) is 4.90. The number of amides is 1. The molecule has 3 aromatic rings. The number of halogens is 1. The number of carbonyl (C=O) groups excluding carboxylic acids is 1. The molecule has 3 rings (SSSR count). The number of hydrogen-bond acceptors (Lipinski definition) is 3. The number of imidazole rings is 1. The van der Waals surface area contributed by atoms with Crippen molar-refractivity contribution in [3.05, 3.63) is 70.8 Å². The summed E-state index contributed by atoms with van der Waals surface area (Å²) in [4.78, 5) is 17.0. The van der Waals surface area contributed by atoms with Gasteiger partial charge in [-0.1, -0.05) is 18.2 Å². The Hall–Kier alpha value is -2.96. The molecule has 0 aliphatic heterocycles. The number of aromatic nitrogens is 4. The Morgan fingerprint density at radius 3 is 2.59 bits per heavy atom. The standard InChI is InChI=1S/C20H24FN5O/c1-13-15(14(2)26(4)24-13)9-10-18(27)23-19(20-22-11-12-25(20)3)16-7-5-6-8-17(16)21/h5-8,11-12,19H,9-10H2,1-4H3,(H,23,27). The Kier molecular flexibility index (Phi) is 5.39. The Balaban J connectivity index is 1.79. The fourth-order valence-electron chi connectivity index (χ4n) is 3.30. The summed E-state index contributed by atoms with van der Waals surface area (Å²) >= 11 is 0. The lowest BCUT2D eigenvalue weighted by Gasteiger charge is -2.19. The van der Waals surface area contributed by atoms with Crippen molar-refractivity contribution >= 4 is 5.91 Å². The highest BCUT2D eigenvalue weighted by Crippen LogP contribution is 2.23. The van der Waals surface area contributed by atoms with Gasteiger partial charge in [-0.15, -0.1) is 0 Å². The van der Waals surface area contributed by atoms with Crippen LogP contribution in [0.5, 0.6) is 0 Å². The van der Waals surface area contributed by atoms with Gasteiger partial charge in [0.05, 0.1) is 5.69 Å². The van der Waals surface area contributed by atoms with Crippen molar-refractivity contribution in [2.45, 2.75) is 32.7 Å². The van der Waals surface area contributed by atoms with E-state index < -0.39 is 6.04 Å². The second kappa shape index (κ2) is 7.73. The first-order chi connectivity index (χ1) is 12.9. The SMILES string of the molecule is Cc1nn(C)c(C)c1CCC(=O)NC(c1ccccc1F)c1nccn1C. The molecule has 2 heterocycles. The molecule has 1 unspecified atom stereocenters. The van der Waals surface area contributed by atoms with Crippen LogP contribution in [0.15, 0.2) is 36.7 Å². The van der Waals surface area contributed by atoms with E-state index in [-0.39, 0.29) is 11.7 Å². The predicted octanol–water partition coefficient (Wildman–Crippen LogP) is 2.75. The van der Waals surface area contributed by atoms with Crippen molar-refractivity contribution in [1.29, 1.82) is 0 Å². The van der Waals surface area contributed by atoms with Gasteiger partial charge in [-0.2, -0.15) is 5.10 Å². The van der Waals surface area contributed by atoms with Crippen molar-refractivity contribution in [3.63, 3.8) is 0 Å². The molecular formula is C20H24FN5O. The lowest BCUT2D eigenvalue weighted by atomic mass is 10.0. The van der Waals surface area contributed by atoms with Crippen molar-refractivity contribution in [2.75, 3.05) is 0 Å². The maximum Gasteiger partial charge on any atom is 0.221 e. The summed E-state index contributed by atoms with van der Waals surface area (Å²) in [6.07, 6.45) is 4.29. The number of rotatable bonds is 6. The summed E-state index contributed by atoms with van der Waals surface area (Å²) in [6, 6.07) is 5.80. The minimum atomic E-state index is -0.644. The molecule has 0 saturated heterocycles. The van der Waals surface area contributed by atoms with Crippen molar-refractivity contribution in [1.82, 2.24) is 24.6 Å². The van der Waals surface area contributed by atoms with Gasteiger partial charge < -0.3 is 9.88 Å². The third-order valence-electron chi connectivity index (χ3n) is 4.90. The molecule has 1 amide bonds. The Bertz CT molecular complexity index is 959. The minimum Gasteiger partial charge on any atom is -0.342 e. The van der Waals surface area contributed by atoms with Crippen LogP contribution in [0.3, 0.4) is 0 Å². The molecule has 0 spiro atoms. The predicted molar refractivity (Wildman–Crippen MR) is 101 cm³/mol. The minimum absolute atomic E-state index is 0.158. The average molecular weight is 369 g/mol. The molecule has 142 valence electrons. The normalized spacial score (nSPS) is 12.2. The molecule has 0 fully saturated rings. The first-order valence-corrected chi connectivity index (χ1v) is 8.88. The third kappa shape index (κ3) is 3.92. The zero-order chi connectivity index (χ0) is 19.6. The van der Waals surface area contributed by atoms with Crippen LogP contribution in [0.25, 0.3) is 0 Å². The smallest absolute Gasteiger partial charge is 0.221 e. The van der Waals surface area contributed by atoms with Gasteiger partial charge in [0.15, 0.2) is 0 Å². The van der Waals surface area contributed by atoms with E-state index in [2.05, 4.69) is 15.4 Å². The maximum absolute atomic E-state index is 14.4. The second-order valence-electron chi connectivity index (χ2n) is 6.69. The molecule has 6 nitrogen and oxygen atoms in total. The summed E-state index contributed by atoms with van der Waals surface area (Å²) in [5.41, 5.74) is 3.45. The van der Waals surface area contributed by atoms with E-state index in [0.29, 0.717) is 24.2 Å². The molecule has 1 atom stereocenters. The van der Waals surface area contributed by atoms with Crippen molar-refractivity contribution in [2.24, 2.45) is 14.1 Å². The molecule has 0 aliphatic carbocycles. The Morgan fingerprint density at radius 2 is 2.00 bits per heavy atom. The van der Waals surface area contributed by atoms with Gasteiger partial charge >= 0.3 is 0 Å². The average Bonchev–Trinajstić information content (AvgIpc) is 3.15. The van der Waals surface area contributed by atoms with E-state index in [0.717, 1.165) is 17.0 Å². The van der Waals surface area contributed by atoms with E-state index in [4.69, 9.17) is 0 Å². The van der Waals surface area contributed by atoms with E-state index in [1.54, 1.807) is 35.2 Å². The number of nitrogens with one attached hydrogen (secondary N) is 1. The highest BCUT2D eigenvalue weighted by atomic mass is 19.1. The maximum atomic E-state index is 14.4. The second-order valence-corrected chi connectivity index (χ2v) is 6.69. The van der Waals surface area contributed by atoms with Gasteiger partial charge in [-0.25, -0.2) is 9.37 Å². The van der Waals surface area contributed by atoms with Gasteiger partial charge in [0.1, 0.15) is 17.7 Å². The topological polar surface area (TPSA) is 64.7 Å². The molecule has 0 saturated carbocycles. The lowest BCUT2D eigenvalue weighted by molar-refractivity contribution is -0.121. The van der Waals surface area contributed by atoms with Crippen LogP contribution in [0, 0.1) is 19.7 Å². The number of benzene rings is 1.